The van der Waals surface area contributed by atoms with Crippen LogP contribution in [-0.4, -0.2) is 70.2 Å². The molecular weight excluding hydrogens is 560 g/mol. The van der Waals surface area contributed by atoms with E-state index in [4.69, 9.17) is 24.3 Å². The lowest BCUT2D eigenvalue weighted by molar-refractivity contribution is 0.0206. The standard InChI is InChI=1S/C33H40N6O5/c1-6-43-31(40)23-9-7-10-24(19-23)35-27-16-17-34-30-28(27)29(37-39(30)20-22-12-14-26(42-5)15-13-22)36-25-11-8-18-38(21-25)32(41)44-33(2,3)4/h7,9-10,12-17,19,25H,6,8,11,18,20-21H2,1-5H3,(H,34,35)(H,36,37)/t25-/m1/s1. The van der Waals surface area contributed by atoms with Crippen LogP contribution in [0.1, 0.15) is 56.5 Å². The number of piperidine rings is 1. The Kier molecular flexibility index (Phi) is 9.22. The van der Waals surface area contributed by atoms with Gasteiger partial charge in [-0.1, -0.05) is 18.2 Å². The number of benzene rings is 2. The molecule has 1 atom stereocenters. The minimum absolute atomic E-state index is 0.0380. The molecule has 4 aromatic rings. The Hall–Kier alpha value is -4.80. The number of carbonyl (C=O) groups is 2. The third-order valence-corrected chi connectivity index (χ3v) is 7.19. The van der Waals surface area contributed by atoms with Crippen LogP contribution in [0.15, 0.2) is 60.8 Å². The average molecular weight is 601 g/mol. The monoisotopic (exact) mass is 600 g/mol. The highest BCUT2D eigenvalue weighted by Crippen LogP contribution is 2.33. The van der Waals surface area contributed by atoms with Gasteiger partial charge in [-0.3, -0.25) is 0 Å². The quantitative estimate of drug-likeness (QED) is 0.216. The third kappa shape index (κ3) is 7.39. The number of nitrogens with zero attached hydrogens (tertiary/aromatic N) is 4. The Morgan fingerprint density at radius 1 is 1.09 bits per heavy atom. The second-order valence-electron chi connectivity index (χ2n) is 11.7. The van der Waals surface area contributed by atoms with Crippen molar-refractivity contribution in [1.29, 1.82) is 0 Å². The van der Waals surface area contributed by atoms with Crippen molar-refractivity contribution in [2.75, 3.05) is 37.4 Å². The Balaban J connectivity index is 1.48. The summed E-state index contributed by atoms with van der Waals surface area (Å²) in [6.45, 7) is 9.33. The number of ether oxygens (including phenoxy) is 3. The molecule has 1 saturated heterocycles. The van der Waals surface area contributed by atoms with Gasteiger partial charge in [-0.05, 0) is 82.5 Å². The Morgan fingerprint density at radius 3 is 2.61 bits per heavy atom. The number of anilines is 3. The third-order valence-electron chi connectivity index (χ3n) is 7.19. The van der Waals surface area contributed by atoms with E-state index in [-0.39, 0.29) is 18.1 Å². The zero-order valence-corrected chi connectivity index (χ0v) is 25.9. The number of carbonyl (C=O) groups excluding carboxylic acids is 2. The molecular formula is C33H40N6O5. The number of likely N-dealkylation sites (tertiary alicyclic amines) is 1. The first kappa shape index (κ1) is 30.7. The fourth-order valence-corrected chi connectivity index (χ4v) is 5.19. The summed E-state index contributed by atoms with van der Waals surface area (Å²) in [4.78, 5) is 31.7. The van der Waals surface area contributed by atoms with Gasteiger partial charge in [0.2, 0.25) is 0 Å². The van der Waals surface area contributed by atoms with E-state index >= 15 is 0 Å². The first-order valence-electron chi connectivity index (χ1n) is 14.9. The van der Waals surface area contributed by atoms with Gasteiger partial charge in [0.1, 0.15) is 11.4 Å². The summed E-state index contributed by atoms with van der Waals surface area (Å²) in [5.41, 5.74) is 3.13. The summed E-state index contributed by atoms with van der Waals surface area (Å²) in [6.07, 6.45) is 3.13. The molecule has 0 radical (unpaired) electrons. The van der Waals surface area contributed by atoms with Crippen molar-refractivity contribution in [2.24, 2.45) is 0 Å². The van der Waals surface area contributed by atoms with Crippen molar-refractivity contribution in [1.82, 2.24) is 19.7 Å². The van der Waals surface area contributed by atoms with Crippen molar-refractivity contribution >= 4 is 40.3 Å². The van der Waals surface area contributed by atoms with Gasteiger partial charge in [-0.25, -0.2) is 19.3 Å². The van der Waals surface area contributed by atoms with Gasteiger partial charge >= 0.3 is 12.1 Å². The van der Waals surface area contributed by atoms with Crippen LogP contribution in [0, 0.1) is 0 Å². The number of fused-ring (bicyclic) bond motifs is 1. The molecule has 2 aromatic heterocycles. The summed E-state index contributed by atoms with van der Waals surface area (Å²) < 4.78 is 18.0. The number of amides is 1. The summed E-state index contributed by atoms with van der Waals surface area (Å²) in [6, 6.07) is 16.9. The molecule has 1 aliphatic heterocycles. The topological polar surface area (TPSA) is 120 Å². The van der Waals surface area contributed by atoms with Crippen LogP contribution in [0.2, 0.25) is 0 Å². The molecule has 0 unspecified atom stereocenters. The van der Waals surface area contributed by atoms with E-state index in [0.717, 1.165) is 40.9 Å². The largest absolute Gasteiger partial charge is 0.497 e. The predicted molar refractivity (Wildman–Crippen MR) is 170 cm³/mol. The lowest BCUT2D eigenvalue weighted by Crippen LogP contribution is -2.47. The maximum atomic E-state index is 12.8. The molecule has 44 heavy (non-hydrogen) atoms. The Morgan fingerprint density at radius 2 is 1.89 bits per heavy atom. The van der Waals surface area contributed by atoms with Crippen molar-refractivity contribution in [3.05, 3.63) is 71.9 Å². The lowest BCUT2D eigenvalue weighted by atomic mass is 10.1. The summed E-state index contributed by atoms with van der Waals surface area (Å²) >= 11 is 0. The maximum absolute atomic E-state index is 12.8. The highest BCUT2D eigenvalue weighted by molar-refractivity contribution is 6.00. The highest BCUT2D eigenvalue weighted by Gasteiger charge is 2.29. The van der Waals surface area contributed by atoms with Crippen LogP contribution in [0.25, 0.3) is 11.0 Å². The predicted octanol–water partition coefficient (Wildman–Crippen LogP) is 6.22. The molecule has 11 nitrogen and oxygen atoms in total. The molecule has 232 valence electrons. The molecule has 0 saturated carbocycles. The second-order valence-corrected chi connectivity index (χ2v) is 11.7. The van der Waals surface area contributed by atoms with E-state index in [2.05, 4.69) is 10.6 Å². The number of aromatic nitrogens is 3. The van der Waals surface area contributed by atoms with Crippen LogP contribution in [0.5, 0.6) is 5.75 Å². The molecule has 3 heterocycles. The van der Waals surface area contributed by atoms with Crippen LogP contribution in [0.4, 0.5) is 22.0 Å². The van der Waals surface area contributed by atoms with E-state index < -0.39 is 5.60 Å². The maximum Gasteiger partial charge on any atom is 0.410 e. The van der Waals surface area contributed by atoms with Gasteiger partial charge in [0.05, 0.1) is 36.9 Å². The lowest BCUT2D eigenvalue weighted by Gasteiger charge is -2.34. The summed E-state index contributed by atoms with van der Waals surface area (Å²) in [5.74, 6) is 1.06. The number of rotatable bonds is 9. The van der Waals surface area contributed by atoms with E-state index in [9.17, 15) is 9.59 Å². The number of methoxy groups -OCH3 is 1. The molecule has 1 fully saturated rings. The van der Waals surface area contributed by atoms with Crippen molar-refractivity contribution in [3.8, 4) is 5.75 Å². The molecule has 0 bridgehead atoms. The molecule has 1 aliphatic rings. The number of nitrogens with one attached hydrogen (secondary N) is 2. The smallest absolute Gasteiger partial charge is 0.410 e. The van der Waals surface area contributed by atoms with Crippen LogP contribution in [0.3, 0.4) is 0 Å². The SMILES string of the molecule is CCOC(=O)c1cccc(Nc2ccnc3c2c(N[C@@H]2CCCN(C(=O)OC(C)(C)C)C2)nn3Cc2ccc(OC)cc2)c1. The molecule has 5 rings (SSSR count). The van der Waals surface area contributed by atoms with Crippen molar-refractivity contribution < 1.29 is 23.8 Å². The second kappa shape index (κ2) is 13.2. The Labute approximate surface area is 257 Å². The van der Waals surface area contributed by atoms with Crippen LogP contribution >= 0.6 is 0 Å². The van der Waals surface area contributed by atoms with Crippen molar-refractivity contribution in [2.45, 2.75) is 58.7 Å². The molecule has 11 heteroatoms. The molecule has 2 aromatic carbocycles. The zero-order chi connectivity index (χ0) is 31.3. The Bertz CT molecular complexity index is 1610. The minimum Gasteiger partial charge on any atom is -0.497 e. The normalized spacial score (nSPS) is 15.1. The van der Waals surface area contributed by atoms with Gasteiger partial charge in [0.15, 0.2) is 11.5 Å². The van der Waals surface area contributed by atoms with Gasteiger partial charge in [0, 0.05) is 31.0 Å². The minimum atomic E-state index is -0.565. The number of pyridine rings is 1. The van der Waals surface area contributed by atoms with Crippen molar-refractivity contribution in [3.63, 3.8) is 0 Å². The van der Waals surface area contributed by atoms with Crippen LogP contribution in [-0.2, 0) is 16.0 Å². The first-order valence-corrected chi connectivity index (χ1v) is 14.9. The molecule has 0 aliphatic carbocycles. The molecule has 0 spiro atoms. The fourth-order valence-electron chi connectivity index (χ4n) is 5.19. The zero-order valence-electron chi connectivity index (χ0n) is 25.9. The number of hydrogen-bond acceptors (Lipinski definition) is 9. The van der Waals surface area contributed by atoms with Gasteiger partial charge in [-0.15, -0.1) is 0 Å². The average Bonchev–Trinajstić information content (AvgIpc) is 3.34. The summed E-state index contributed by atoms with van der Waals surface area (Å²) in [5, 5.41) is 12.9. The van der Waals surface area contributed by atoms with Gasteiger partial charge < -0.3 is 29.7 Å². The summed E-state index contributed by atoms with van der Waals surface area (Å²) in [7, 11) is 1.64. The van der Waals surface area contributed by atoms with Gasteiger partial charge in [0.25, 0.3) is 0 Å². The van der Waals surface area contributed by atoms with E-state index in [1.807, 2.05) is 67.9 Å². The number of hydrogen-bond donors (Lipinski definition) is 2. The first-order chi connectivity index (χ1) is 21.1. The van der Waals surface area contributed by atoms with E-state index in [0.29, 0.717) is 43.3 Å². The van der Waals surface area contributed by atoms with Crippen LogP contribution < -0.4 is 15.4 Å². The highest BCUT2D eigenvalue weighted by atomic mass is 16.6. The van der Waals surface area contributed by atoms with Gasteiger partial charge in [-0.2, -0.15) is 5.10 Å². The molecule has 1 amide bonds. The fraction of sp³-hybridized carbons (Fsp3) is 0.394. The van der Waals surface area contributed by atoms with E-state index in [1.54, 1.807) is 37.3 Å². The number of esters is 1. The van der Waals surface area contributed by atoms with E-state index in [1.165, 1.54) is 0 Å². The molecule has 2 N–H and O–H groups in total.